The van der Waals surface area contributed by atoms with Crippen molar-refractivity contribution in [1.29, 1.82) is 0 Å². The molecule has 0 bridgehead atoms. The molecular weight excluding hydrogens is 380 g/mol. The van der Waals surface area contributed by atoms with Gasteiger partial charge >= 0.3 is 0 Å². The van der Waals surface area contributed by atoms with Gasteiger partial charge in [-0.25, -0.2) is 0 Å². The molecule has 0 aliphatic heterocycles. The zero-order valence-corrected chi connectivity index (χ0v) is 17.0. The van der Waals surface area contributed by atoms with Crippen LogP contribution in [0.25, 0.3) is 6.08 Å². The second-order valence-electron chi connectivity index (χ2n) is 6.66. The Morgan fingerprint density at radius 1 is 0.900 bits per heavy atom. The number of ether oxygens (including phenoxy) is 3. The van der Waals surface area contributed by atoms with Crippen LogP contribution in [0.15, 0.2) is 72.8 Å². The highest BCUT2D eigenvalue weighted by atomic mass is 16.5. The zero-order chi connectivity index (χ0) is 21.3. The van der Waals surface area contributed by atoms with E-state index in [0.717, 1.165) is 5.56 Å². The Labute approximate surface area is 176 Å². The maximum Gasteiger partial charge on any atom is 0.156 e. The SMILES string of the molecule is COc1cc(OC)cc(Oc2cc(O)ccc2C=CC(=O)CCc2ccccc2)c1. The molecule has 0 saturated heterocycles. The monoisotopic (exact) mass is 404 g/mol. The van der Waals surface area contributed by atoms with Crippen LogP contribution in [0, 0.1) is 0 Å². The summed E-state index contributed by atoms with van der Waals surface area (Å²) in [6.45, 7) is 0. The molecule has 0 atom stereocenters. The highest BCUT2D eigenvalue weighted by molar-refractivity contribution is 5.94. The van der Waals surface area contributed by atoms with Gasteiger partial charge in [0.25, 0.3) is 0 Å². The fourth-order valence-electron chi connectivity index (χ4n) is 2.89. The van der Waals surface area contributed by atoms with E-state index in [-0.39, 0.29) is 11.5 Å². The first-order valence-corrected chi connectivity index (χ1v) is 9.56. The van der Waals surface area contributed by atoms with Crippen LogP contribution in [-0.2, 0) is 11.2 Å². The van der Waals surface area contributed by atoms with Crippen LogP contribution in [0.1, 0.15) is 17.5 Å². The number of benzene rings is 3. The number of aryl methyl sites for hydroxylation is 1. The van der Waals surface area contributed by atoms with E-state index in [1.54, 1.807) is 50.6 Å². The Balaban J connectivity index is 1.75. The summed E-state index contributed by atoms with van der Waals surface area (Å²) in [4.78, 5) is 12.3. The number of ketones is 1. The summed E-state index contributed by atoms with van der Waals surface area (Å²) < 4.78 is 16.5. The molecule has 0 aliphatic carbocycles. The zero-order valence-electron chi connectivity index (χ0n) is 17.0. The van der Waals surface area contributed by atoms with Gasteiger partial charge in [-0.05, 0) is 36.3 Å². The molecule has 0 saturated carbocycles. The lowest BCUT2D eigenvalue weighted by molar-refractivity contribution is -0.114. The van der Waals surface area contributed by atoms with Crippen LogP contribution in [0.4, 0.5) is 0 Å². The molecule has 3 rings (SSSR count). The highest BCUT2D eigenvalue weighted by Crippen LogP contribution is 2.34. The van der Waals surface area contributed by atoms with Crippen molar-refractivity contribution in [3.8, 4) is 28.7 Å². The molecule has 3 aromatic rings. The van der Waals surface area contributed by atoms with Crippen LogP contribution in [-0.4, -0.2) is 25.1 Å². The lowest BCUT2D eigenvalue weighted by atomic mass is 10.1. The van der Waals surface area contributed by atoms with Crippen molar-refractivity contribution in [2.24, 2.45) is 0 Å². The number of phenols is 1. The van der Waals surface area contributed by atoms with Crippen molar-refractivity contribution in [3.63, 3.8) is 0 Å². The summed E-state index contributed by atoms with van der Waals surface area (Å²) in [6.07, 6.45) is 4.34. The smallest absolute Gasteiger partial charge is 0.156 e. The molecule has 0 radical (unpaired) electrons. The molecule has 154 valence electrons. The number of aromatic hydroxyl groups is 1. The van der Waals surface area contributed by atoms with E-state index in [2.05, 4.69) is 0 Å². The summed E-state index contributed by atoms with van der Waals surface area (Å²) >= 11 is 0. The van der Waals surface area contributed by atoms with Crippen molar-refractivity contribution in [1.82, 2.24) is 0 Å². The van der Waals surface area contributed by atoms with Crippen LogP contribution in [0.2, 0.25) is 0 Å². The summed E-state index contributed by atoms with van der Waals surface area (Å²) in [7, 11) is 3.12. The number of hydrogen-bond acceptors (Lipinski definition) is 5. The van der Waals surface area contributed by atoms with E-state index >= 15 is 0 Å². The van der Waals surface area contributed by atoms with E-state index in [0.29, 0.717) is 41.4 Å². The lowest BCUT2D eigenvalue weighted by Gasteiger charge is -2.12. The number of carbonyl (C=O) groups excluding carboxylic acids is 1. The molecule has 30 heavy (non-hydrogen) atoms. The van der Waals surface area contributed by atoms with E-state index < -0.39 is 0 Å². The molecule has 0 aliphatic rings. The number of methoxy groups -OCH3 is 2. The fourth-order valence-corrected chi connectivity index (χ4v) is 2.89. The van der Waals surface area contributed by atoms with E-state index in [1.807, 2.05) is 30.3 Å². The Kier molecular flexibility index (Phi) is 7.11. The van der Waals surface area contributed by atoms with Crippen molar-refractivity contribution < 1.29 is 24.1 Å². The lowest BCUT2D eigenvalue weighted by Crippen LogP contribution is -1.96. The molecule has 0 fully saturated rings. The maximum atomic E-state index is 12.3. The second-order valence-corrected chi connectivity index (χ2v) is 6.66. The topological polar surface area (TPSA) is 65.0 Å². The van der Waals surface area contributed by atoms with Crippen molar-refractivity contribution >= 4 is 11.9 Å². The molecule has 3 aromatic carbocycles. The fraction of sp³-hybridized carbons (Fsp3) is 0.160. The third kappa shape index (κ3) is 5.88. The molecule has 1 N–H and O–H groups in total. The van der Waals surface area contributed by atoms with Crippen LogP contribution < -0.4 is 14.2 Å². The minimum Gasteiger partial charge on any atom is -0.508 e. The Morgan fingerprint density at radius 3 is 2.23 bits per heavy atom. The predicted molar refractivity (Wildman–Crippen MR) is 117 cm³/mol. The van der Waals surface area contributed by atoms with Crippen molar-refractivity contribution in [2.75, 3.05) is 14.2 Å². The minimum atomic E-state index is 0.0147. The summed E-state index contributed by atoms with van der Waals surface area (Å²) in [5.41, 5.74) is 1.79. The third-order valence-electron chi connectivity index (χ3n) is 4.50. The highest BCUT2D eigenvalue weighted by Gasteiger charge is 2.09. The average Bonchev–Trinajstić information content (AvgIpc) is 2.77. The normalized spacial score (nSPS) is 10.7. The van der Waals surface area contributed by atoms with E-state index in [1.165, 1.54) is 12.1 Å². The van der Waals surface area contributed by atoms with Gasteiger partial charge in [0.05, 0.1) is 14.2 Å². The van der Waals surface area contributed by atoms with Crippen LogP contribution in [0.3, 0.4) is 0 Å². The molecule has 5 heteroatoms. The maximum absolute atomic E-state index is 12.3. The van der Waals surface area contributed by atoms with Gasteiger partial charge in [-0.1, -0.05) is 30.3 Å². The van der Waals surface area contributed by atoms with Crippen LogP contribution in [0.5, 0.6) is 28.7 Å². The first-order chi connectivity index (χ1) is 14.6. The predicted octanol–water partition coefficient (Wildman–Crippen LogP) is 5.42. The van der Waals surface area contributed by atoms with E-state index in [9.17, 15) is 9.90 Å². The molecule has 0 heterocycles. The number of rotatable bonds is 9. The number of hydrogen-bond donors (Lipinski definition) is 1. The largest absolute Gasteiger partial charge is 0.508 e. The van der Waals surface area contributed by atoms with Gasteiger partial charge in [0, 0.05) is 36.2 Å². The number of phenolic OH excluding ortho intramolecular Hbond substituents is 1. The summed E-state index contributed by atoms with van der Waals surface area (Å²) in [5, 5.41) is 9.88. The van der Waals surface area contributed by atoms with Crippen LogP contribution >= 0.6 is 0 Å². The van der Waals surface area contributed by atoms with Gasteiger partial charge in [0.15, 0.2) is 5.78 Å². The molecule has 0 amide bonds. The quantitative estimate of drug-likeness (QED) is 0.483. The van der Waals surface area contributed by atoms with Gasteiger partial charge in [0.2, 0.25) is 0 Å². The molecule has 5 nitrogen and oxygen atoms in total. The summed E-state index contributed by atoms with van der Waals surface area (Å²) in [5.74, 6) is 2.14. The van der Waals surface area contributed by atoms with E-state index in [4.69, 9.17) is 14.2 Å². The molecular formula is C25H24O5. The summed E-state index contributed by atoms with van der Waals surface area (Å²) in [6, 6.07) is 19.8. The Hall–Kier alpha value is -3.73. The second kappa shape index (κ2) is 10.2. The molecule has 0 unspecified atom stereocenters. The Bertz CT molecular complexity index is 1000. The Morgan fingerprint density at radius 2 is 1.57 bits per heavy atom. The number of carbonyl (C=O) groups is 1. The average molecular weight is 404 g/mol. The van der Waals surface area contributed by atoms with Gasteiger partial charge in [-0.3, -0.25) is 4.79 Å². The van der Waals surface area contributed by atoms with Gasteiger partial charge in [0.1, 0.15) is 28.7 Å². The molecule has 0 spiro atoms. The van der Waals surface area contributed by atoms with Gasteiger partial charge in [-0.2, -0.15) is 0 Å². The minimum absolute atomic E-state index is 0.0147. The first kappa shape index (κ1) is 21.0. The van der Waals surface area contributed by atoms with Gasteiger partial charge in [-0.15, -0.1) is 0 Å². The number of allylic oxidation sites excluding steroid dienone is 1. The first-order valence-electron chi connectivity index (χ1n) is 9.56. The third-order valence-corrected chi connectivity index (χ3v) is 4.50. The standard InChI is InChI=1S/C25H24O5/c1-28-22-15-23(29-2)17-24(16-22)30-25-14-21(27)13-10-19(25)9-12-20(26)11-8-18-6-4-3-5-7-18/h3-7,9-10,12-17,27H,8,11H2,1-2H3. The van der Waals surface area contributed by atoms with Gasteiger partial charge < -0.3 is 19.3 Å². The molecule has 0 aromatic heterocycles. The van der Waals surface area contributed by atoms with Crippen molar-refractivity contribution in [2.45, 2.75) is 12.8 Å². The van der Waals surface area contributed by atoms with Crippen molar-refractivity contribution in [3.05, 3.63) is 83.9 Å².